The van der Waals surface area contributed by atoms with Crippen LogP contribution >= 0.6 is 30.8 Å². The highest BCUT2D eigenvalue weighted by Crippen LogP contribution is 2.42. The number of esters is 1. The Kier molecular flexibility index (Phi) is 11.6. The highest BCUT2D eigenvalue weighted by molar-refractivity contribution is 7.90. The Morgan fingerprint density at radius 2 is 1.56 bits per heavy atom. The number of halogens is 4. The summed E-state index contributed by atoms with van der Waals surface area (Å²) in [6.45, 7) is 7.02. The van der Waals surface area contributed by atoms with Gasteiger partial charge in [-0.25, -0.2) is 26.7 Å². The van der Waals surface area contributed by atoms with Crippen LogP contribution in [0.15, 0.2) is 83.9 Å². The molecule has 1 aromatic heterocycles. The molecule has 16 heteroatoms. The van der Waals surface area contributed by atoms with Crippen LogP contribution in [0, 0.1) is 11.6 Å². The number of rotatable bonds is 12. The quantitative estimate of drug-likeness (QED) is 0.0934. The van der Waals surface area contributed by atoms with Crippen molar-refractivity contribution in [3.8, 4) is 22.6 Å². The molecule has 1 unspecified atom stereocenters. The van der Waals surface area contributed by atoms with Gasteiger partial charge in [0.05, 0.1) is 28.1 Å². The van der Waals surface area contributed by atoms with E-state index in [4.69, 9.17) is 37.4 Å². The highest BCUT2D eigenvalue weighted by Gasteiger charge is 2.36. The number of sulfone groups is 1. The van der Waals surface area contributed by atoms with Gasteiger partial charge in [0.25, 0.3) is 0 Å². The van der Waals surface area contributed by atoms with Gasteiger partial charge in [0.15, 0.2) is 9.84 Å². The lowest BCUT2D eigenvalue weighted by atomic mass is 9.83. The van der Waals surface area contributed by atoms with Gasteiger partial charge in [0.2, 0.25) is 0 Å². The van der Waals surface area contributed by atoms with E-state index in [9.17, 15) is 27.8 Å². The van der Waals surface area contributed by atoms with Crippen LogP contribution in [0.1, 0.15) is 55.9 Å². The molecule has 0 saturated heterocycles. The molecule has 1 heterocycles. The molecule has 286 valence electrons. The van der Waals surface area contributed by atoms with Crippen molar-refractivity contribution in [1.82, 2.24) is 9.55 Å². The van der Waals surface area contributed by atoms with Gasteiger partial charge in [-0.3, -0.25) is 9.36 Å². The molecule has 4 aromatic carbocycles. The zero-order chi connectivity index (χ0) is 40.0. The third-order valence-electron chi connectivity index (χ3n) is 8.50. The van der Waals surface area contributed by atoms with Crippen molar-refractivity contribution in [2.24, 2.45) is 0 Å². The van der Waals surface area contributed by atoms with Crippen LogP contribution in [-0.4, -0.2) is 46.9 Å². The van der Waals surface area contributed by atoms with Crippen LogP contribution in [0.2, 0.25) is 10.0 Å². The van der Waals surface area contributed by atoms with Gasteiger partial charge in [-0.1, -0.05) is 47.5 Å². The zero-order valence-electron chi connectivity index (χ0n) is 30.0. The molecule has 10 nitrogen and oxygen atoms in total. The first-order valence-electron chi connectivity index (χ1n) is 16.3. The Labute approximate surface area is 321 Å². The minimum Gasteiger partial charge on any atom is -0.460 e. The average Bonchev–Trinajstić information content (AvgIpc) is 3.51. The number of nitrogens with zero attached hydrogens (tertiary/aromatic N) is 2. The topological polar surface area (TPSA) is 145 Å². The maximum atomic E-state index is 16.2. The molecule has 0 fully saturated rings. The van der Waals surface area contributed by atoms with E-state index in [0.29, 0.717) is 27.0 Å². The zero-order valence-corrected chi connectivity index (χ0v) is 33.2. The number of aliphatic hydroxyl groups is 1. The van der Waals surface area contributed by atoms with Crippen molar-refractivity contribution in [2.45, 2.75) is 56.6 Å². The second-order valence-corrected chi connectivity index (χ2v) is 18.4. The summed E-state index contributed by atoms with van der Waals surface area (Å²) in [5, 5.41) is 11.6. The van der Waals surface area contributed by atoms with Gasteiger partial charge < -0.3 is 19.3 Å². The van der Waals surface area contributed by atoms with Crippen molar-refractivity contribution in [3.05, 3.63) is 129 Å². The summed E-state index contributed by atoms with van der Waals surface area (Å²) in [5.41, 5.74) is -1.34. The number of carbonyl (C=O) groups excluding carboxylic acids is 1. The first-order valence-corrected chi connectivity index (χ1v) is 21.0. The number of ether oxygens (including phenoxy) is 1. The van der Waals surface area contributed by atoms with E-state index in [0.717, 1.165) is 25.1 Å². The monoisotopic (exact) mass is 820 g/mol. The fourth-order valence-corrected chi connectivity index (χ4v) is 8.20. The van der Waals surface area contributed by atoms with E-state index >= 15 is 8.78 Å². The fourth-order valence-electron chi connectivity index (χ4n) is 5.87. The number of hydrogen-bond acceptors (Lipinski definition) is 8. The van der Waals surface area contributed by atoms with Gasteiger partial charge in [0.1, 0.15) is 35.4 Å². The van der Waals surface area contributed by atoms with Crippen molar-refractivity contribution < 1.29 is 45.8 Å². The van der Waals surface area contributed by atoms with Gasteiger partial charge >= 0.3 is 13.6 Å². The number of hydrogen-bond donors (Lipinski definition) is 2. The summed E-state index contributed by atoms with van der Waals surface area (Å²) < 4.78 is 80.7. The molecular formula is C38H37Cl2F2N2O8PS. The Hall–Kier alpha value is -4.10. The SMILES string of the molecule is CC(C)(O)c1cn(-c2ccc(-c3cc(F)c(COC(=O)Cc4ccc(OP(C)(=O)O)cc4)c(S(C)(=O)=O)c3)cc2F)c(C(C)(C)c2c(Cl)cccc2Cl)n1. The molecule has 0 aliphatic rings. The lowest BCUT2D eigenvalue weighted by Gasteiger charge is -2.28. The minimum atomic E-state index is -4.08. The Morgan fingerprint density at radius 1 is 0.944 bits per heavy atom. The molecular weight excluding hydrogens is 784 g/mol. The van der Waals surface area contributed by atoms with Crippen LogP contribution < -0.4 is 4.52 Å². The molecule has 0 aliphatic carbocycles. The number of imidazole rings is 1. The maximum Gasteiger partial charge on any atom is 0.373 e. The Morgan fingerprint density at radius 3 is 2.11 bits per heavy atom. The molecule has 0 aliphatic heterocycles. The largest absolute Gasteiger partial charge is 0.460 e. The Balaban J connectivity index is 1.46. The first-order chi connectivity index (χ1) is 25.0. The van der Waals surface area contributed by atoms with Crippen LogP contribution in [0.3, 0.4) is 0 Å². The standard InChI is InChI=1S/C38H37Cl2F2N2O8PS/c1-37(2,35-27(39)8-7-9-28(35)40)36-43-33(38(3,4)46)20-44(36)31-15-12-23(17-30(31)42)24-18-29(41)26(32(19-24)54(6,49)50)21-51-34(45)16-22-10-13-25(14-11-22)52-53(5,47)48/h7-15,17-20,46H,16,21H2,1-6H3,(H,47,48). The number of aromatic nitrogens is 2. The predicted octanol–water partition coefficient (Wildman–Crippen LogP) is 8.56. The van der Waals surface area contributed by atoms with Crippen LogP contribution in [0.4, 0.5) is 8.78 Å². The summed E-state index contributed by atoms with van der Waals surface area (Å²) in [4.78, 5) is 26.2. The lowest BCUT2D eigenvalue weighted by molar-refractivity contribution is -0.144. The van der Waals surface area contributed by atoms with E-state index in [1.54, 1.807) is 32.0 Å². The smallest absolute Gasteiger partial charge is 0.373 e. The average molecular weight is 822 g/mol. The van der Waals surface area contributed by atoms with E-state index in [1.165, 1.54) is 53.2 Å². The molecule has 1 atom stereocenters. The van der Waals surface area contributed by atoms with E-state index in [-0.39, 0.29) is 40.2 Å². The fraction of sp³-hybridized carbons (Fsp3) is 0.263. The molecule has 5 aromatic rings. The minimum absolute atomic E-state index is 0.0290. The number of benzene rings is 4. The summed E-state index contributed by atoms with van der Waals surface area (Å²) >= 11 is 13.2. The third kappa shape index (κ3) is 9.22. The van der Waals surface area contributed by atoms with E-state index < -0.39 is 57.6 Å². The van der Waals surface area contributed by atoms with Crippen LogP contribution in [0.5, 0.6) is 5.75 Å². The third-order valence-corrected chi connectivity index (χ3v) is 10.8. The van der Waals surface area contributed by atoms with Crippen LogP contribution in [0.25, 0.3) is 16.8 Å². The first kappa shape index (κ1) is 41.1. The van der Waals surface area contributed by atoms with Crippen molar-refractivity contribution in [2.75, 3.05) is 12.9 Å². The van der Waals surface area contributed by atoms with Gasteiger partial charge in [-0.2, -0.15) is 0 Å². The van der Waals surface area contributed by atoms with Gasteiger partial charge in [-0.15, -0.1) is 0 Å². The second kappa shape index (κ2) is 15.2. The normalized spacial score (nSPS) is 13.4. The van der Waals surface area contributed by atoms with Gasteiger partial charge in [-0.05, 0) is 92.9 Å². The molecule has 0 amide bonds. The molecule has 5 rings (SSSR count). The predicted molar refractivity (Wildman–Crippen MR) is 202 cm³/mol. The van der Waals surface area contributed by atoms with Crippen molar-refractivity contribution in [3.63, 3.8) is 0 Å². The molecule has 0 bridgehead atoms. The van der Waals surface area contributed by atoms with Crippen LogP contribution in [-0.2, 0) is 48.0 Å². The maximum absolute atomic E-state index is 16.2. The van der Waals surface area contributed by atoms with Crippen molar-refractivity contribution in [1.29, 1.82) is 0 Å². The molecule has 0 saturated carbocycles. The second-order valence-electron chi connectivity index (χ2n) is 13.8. The number of carbonyl (C=O) groups is 1. The Bertz CT molecular complexity index is 2390. The summed E-state index contributed by atoms with van der Waals surface area (Å²) in [6.07, 6.45) is 2.11. The highest BCUT2D eigenvalue weighted by atomic mass is 35.5. The summed E-state index contributed by atoms with van der Waals surface area (Å²) in [6, 6.07) is 17.0. The molecule has 0 radical (unpaired) electrons. The molecule has 54 heavy (non-hydrogen) atoms. The summed E-state index contributed by atoms with van der Waals surface area (Å²) in [5.74, 6) is -2.13. The summed E-state index contributed by atoms with van der Waals surface area (Å²) in [7, 11) is -7.86. The molecule has 2 N–H and O–H groups in total. The van der Waals surface area contributed by atoms with E-state index in [1.807, 2.05) is 13.8 Å². The van der Waals surface area contributed by atoms with Crippen molar-refractivity contribution >= 4 is 46.6 Å². The van der Waals surface area contributed by atoms with Gasteiger partial charge in [0, 0.05) is 40.3 Å². The molecule has 0 spiro atoms. The lowest BCUT2D eigenvalue weighted by Crippen LogP contribution is -2.25. The van der Waals surface area contributed by atoms with E-state index in [2.05, 4.69) is 0 Å².